The maximum absolute atomic E-state index is 14.4. The molecule has 3 atom stereocenters. The number of aromatic amines is 1. The quantitative estimate of drug-likeness (QED) is 0.698. The number of carbonyl (C=O) groups excluding carboxylic acids is 2. The third-order valence-electron chi connectivity index (χ3n) is 5.11. The van der Waals surface area contributed by atoms with Crippen molar-refractivity contribution in [1.82, 2.24) is 20.2 Å². The standard InChI is InChI=1S/C17H19FN4O3/c18-11-8-19-7-6-9(11)10-2-1-3-12-15(10)21-17(25)22(12)13-4-5-14(23)20-16(13)24/h1-3,9,11,13,19H,4-8H2,(H,21,25)(H,20,23,24)/t9-,11+,13?/m0/s1. The van der Waals surface area contributed by atoms with Crippen LogP contribution < -0.4 is 16.3 Å². The highest BCUT2D eigenvalue weighted by molar-refractivity contribution is 6.00. The van der Waals surface area contributed by atoms with E-state index in [0.717, 1.165) is 12.1 Å². The number of nitrogens with one attached hydrogen (secondary N) is 3. The first kappa shape index (κ1) is 16.0. The van der Waals surface area contributed by atoms with Crippen LogP contribution in [0, 0.1) is 0 Å². The molecule has 0 spiro atoms. The summed E-state index contributed by atoms with van der Waals surface area (Å²) in [5.41, 5.74) is 1.49. The van der Waals surface area contributed by atoms with Gasteiger partial charge in [0.1, 0.15) is 12.2 Å². The maximum Gasteiger partial charge on any atom is 0.327 e. The van der Waals surface area contributed by atoms with E-state index >= 15 is 0 Å². The molecule has 4 rings (SSSR count). The lowest BCUT2D eigenvalue weighted by Crippen LogP contribution is -2.43. The Bertz CT molecular complexity index is 903. The monoisotopic (exact) mass is 346 g/mol. The molecule has 2 aliphatic heterocycles. The summed E-state index contributed by atoms with van der Waals surface area (Å²) in [4.78, 5) is 38.8. The maximum atomic E-state index is 14.4. The zero-order valence-electron chi connectivity index (χ0n) is 13.5. The van der Waals surface area contributed by atoms with Gasteiger partial charge in [0, 0.05) is 18.9 Å². The van der Waals surface area contributed by atoms with Gasteiger partial charge in [-0.15, -0.1) is 0 Å². The summed E-state index contributed by atoms with van der Waals surface area (Å²) in [6, 6.07) is 4.62. The molecule has 2 fully saturated rings. The van der Waals surface area contributed by atoms with E-state index in [9.17, 15) is 18.8 Å². The van der Waals surface area contributed by atoms with Crippen molar-refractivity contribution in [2.24, 2.45) is 0 Å². The molecule has 0 saturated carbocycles. The Morgan fingerprint density at radius 2 is 2.00 bits per heavy atom. The molecule has 0 aliphatic carbocycles. The van der Waals surface area contributed by atoms with Crippen molar-refractivity contribution in [2.45, 2.75) is 37.4 Å². The number of aromatic nitrogens is 2. The van der Waals surface area contributed by atoms with Crippen molar-refractivity contribution in [3.05, 3.63) is 34.2 Å². The van der Waals surface area contributed by atoms with E-state index in [-0.39, 0.29) is 24.7 Å². The molecule has 1 unspecified atom stereocenters. The average molecular weight is 346 g/mol. The fraction of sp³-hybridized carbons (Fsp3) is 0.471. The van der Waals surface area contributed by atoms with Crippen molar-refractivity contribution in [3.63, 3.8) is 0 Å². The normalized spacial score (nSPS) is 27.5. The molecule has 2 amide bonds. The van der Waals surface area contributed by atoms with Crippen LogP contribution in [0.3, 0.4) is 0 Å². The lowest BCUT2D eigenvalue weighted by Gasteiger charge is -2.27. The van der Waals surface area contributed by atoms with Crippen LogP contribution in [0.4, 0.5) is 4.39 Å². The van der Waals surface area contributed by atoms with Crippen molar-refractivity contribution in [3.8, 4) is 0 Å². The number of imide groups is 1. The molecule has 1 aromatic carbocycles. The number of amides is 2. The molecule has 132 valence electrons. The third kappa shape index (κ3) is 2.66. The second-order valence-electron chi connectivity index (χ2n) is 6.62. The lowest BCUT2D eigenvalue weighted by molar-refractivity contribution is -0.135. The highest BCUT2D eigenvalue weighted by Gasteiger charge is 2.32. The minimum atomic E-state index is -1.03. The van der Waals surface area contributed by atoms with Crippen molar-refractivity contribution < 1.29 is 14.0 Å². The predicted octanol–water partition coefficient (Wildman–Crippen LogP) is 0.722. The molecule has 1 aromatic heterocycles. The summed E-state index contributed by atoms with van der Waals surface area (Å²) in [5, 5.41) is 5.30. The van der Waals surface area contributed by atoms with E-state index < -0.39 is 23.8 Å². The van der Waals surface area contributed by atoms with Crippen LogP contribution in [-0.2, 0) is 9.59 Å². The minimum absolute atomic E-state index is 0.191. The van der Waals surface area contributed by atoms with Gasteiger partial charge in [-0.1, -0.05) is 12.1 Å². The number of carbonyl (C=O) groups is 2. The number of H-pyrrole nitrogens is 1. The van der Waals surface area contributed by atoms with Crippen LogP contribution in [-0.4, -0.2) is 40.6 Å². The Kier molecular flexibility index (Phi) is 3.91. The lowest BCUT2D eigenvalue weighted by atomic mass is 9.88. The topological polar surface area (TPSA) is 96.0 Å². The molecule has 0 bridgehead atoms. The van der Waals surface area contributed by atoms with Gasteiger partial charge in [-0.05, 0) is 31.0 Å². The second-order valence-corrected chi connectivity index (χ2v) is 6.62. The van der Waals surface area contributed by atoms with E-state index in [1.54, 1.807) is 12.1 Å². The number of alkyl halides is 1. The molecule has 3 N–H and O–H groups in total. The number of hydrogen-bond donors (Lipinski definition) is 3. The fourth-order valence-corrected chi connectivity index (χ4v) is 3.89. The van der Waals surface area contributed by atoms with Crippen LogP contribution in [0.5, 0.6) is 0 Å². The molecule has 2 saturated heterocycles. The minimum Gasteiger partial charge on any atom is -0.314 e. The molecule has 3 heterocycles. The van der Waals surface area contributed by atoms with Gasteiger partial charge in [-0.3, -0.25) is 19.5 Å². The van der Waals surface area contributed by atoms with Gasteiger partial charge in [0.15, 0.2) is 0 Å². The molecule has 8 heteroatoms. The van der Waals surface area contributed by atoms with Crippen molar-refractivity contribution in [2.75, 3.05) is 13.1 Å². The number of para-hydroxylation sites is 1. The first-order valence-corrected chi connectivity index (χ1v) is 8.48. The van der Waals surface area contributed by atoms with Crippen LogP contribution in [0.25, 0.3) is 11.0 Å². The van der Waals surface area contributed by atoms with Gasteiger partial charge in [0.05, 0.1) is 11.0 Å². The van der Waals surface area contributed by atoms with E-state index in [1.165, 1.54) is 4.57 Å². The average Bonchev–Trinajstić information content (AvgIpc) is 2.92. The summed E-state index contributed by atoms with van der Waals surface area (Å²) in [5.74, 6) is -1.10. The van der Waals surface area contributed by atoms with Gasteiger partial charge in [-0.2, -0.15) is 0 Å². The molecule has 2 aliphatic rings. The Morgan fingerprint density at radius 3 is 2.76 bits per heavy atom. The third-order valence-corrected chi connectivity index (χ3v) is 5.11. The number of benzene rings is 1. The summed E-state index contributed by atoms with van der Waals surface area (Å²) < 4.78 is 15.7. The van der Waals surface area contributed by atoms with Gasteiger partial charge < -0.3 is 10.3 Å². The van der Waals surface area contributed by atoms with E-state index in [0.29, 0.717) is 24.0 Å². The zero-order valence-corrected chi connectivity index (χ0v) is 13.5. The zero-order chi connectivity index (χ0) is 17.6. The van der Waals surface area contributed by atoms with E-state index in [2.05, 4.69) is 15.6 Å². The highest BCUT2D eigenvalue weighted by Crippen LogP contribution is 2.33. The number of halogens is 1. The van der Waals surface area contributed by atoms with Gasteiger partial charge in [0.25, 0.3) is 0 Å². The number of hydrogen-bond acceptors (Lipinski definition) is 4. The first-order valence-electron chi connectivity index (χ1n) is 8.48. The van der Waals surface area contributed by atoms with Gasteiger partial charge >= 0.3 is 5.69 Å². The van der Waals surface area contributed by atoms with E-state index in [1.807, 2.05) is 6.07 Å². The molecule has 2 aromatic rings. The van der Waals surface area contributed by atoms with Gasteiger partial charge in [0.2, 0.25) is 11.8 Å². The largest absolute Gasteiger partial charge is 0.327 e. The van der Waals surface area contributed by atoms with Crippen LogP contribution in [0.2, 0.25) is 0 Å². The van der Waals surface area contributed by atoms with Crippen molar-refractivity contribution >= 4 is 22.8 Å². The van der Waals surface area contributed by atoms with Crippen molar-refractivity contribution in [1.29, 1.82) is 0 Å². The smallest absolute Gasteiger partial charge is 0.314 e. The Hall–Kier alpha value is -2.48. The highest BCUT2D eigenvalue weighted by atomic mass is 19.1. The predicted molar refractivity (Wildman–Crippen MR) is 89.1 cm³/mol. The molecular formula is C17H19FN4O3. The fourth-order valence-electron chi connectivity index (χ4n) is 3.89. The molecule has 25 heavy (non-hydrogen) atoms. The number of rotatable bonds is 2. The number of nitrogens with zero attached hydrogens (tertiary/aromatic N) is 1. The molecular weight excluding hydrogens is 327 g/mol. The summed E-state index contributed by atoms with van der Waals surface area (Å²) in [6.07, 6.45) is 0.0878. The molecule has 0 radical (unpaired) electrons. The first-order chi connectivity index (χ1) is 12.1. The Morgan fingerprint density at radius 1 is 1.16 bits per heavy atom. The Balaban J connectivity index is 1.81. The van der Waals surface area contributed by atoms with Gasteiger partial charge in [-0.25, -0.2) is 9.18 Å². The van der Waals surface area contributed by atoms with Crippen LogP contribution >= 0.6 is 0 Å². The summed E-state index contributed by atoms with van der Waals surface area (Å²) in [6.45, 7) is 1.01. The Labute approximate surface area is 142 Å². The van der Waals surface area contributed by atoms with Crippen LogP contribution in [0.15, 0.2) is 23.0 Å². The second kappa shape index (κ2) is 6.11. The van der Waals surface area contributed by atoms with E-state index in [4.69, 9.17) is 0 Å². The number of fused-ring (bicyclic) bond motifs is 1. The van der Waals surface area contributed by atoms with Crippen LogP contribution in [0.1, 0.15) is 36.8 Å². The number of piperidine rings is 2. The SMILES string of the molecule is O=C1CCC(n2c(=O)[nH]c3c([C@@H]4CCNC[C@H]4F)cccc32)C(=O)N1. The summed E-state index contributed by atoms with van der Waals surface area (Å²) >= 11 is 0. The summed E-state index contributed by atoms with van der Waals surface area (Å²) in [7, 11) is 0. The molecule has 7 nitrogen and oxygen atoms in total. The number of imidazole rings is 1.